The number of esters is 1. The first-order valence-corrected chi connectivity index (χ1v) is 9.76. The molecule has 2 amide bonds. The number of ether oxygens (including phenoxy) is 1. The van der Waals surface area contributed by atoms with Gasteiger partial charge < -0.3 is 20.3 Å². The summed E-state index contributed by atoms with van der Waals surface area (Å²) in [5.41, 5.74) is 3.80. The number of rotatable bonds is 9. The van der Waals surface area contributed by atoms with E-state index in [2.05, 4.69) is 41.6 Å². The molecule has 0 fully saturated rings. The Morgan fingerprint density at radius 2 is 1.79 bits per heavy atom. The fraction of sp³-hybridized carbons (Fsp3) is 0.304. The molecule has 0 saturated carbocycles. The molecule has 0 spiro atoms. The molecule has 0 atom stereocenters. The van der Waals surface area contributed by atoms with Crippen LogP contribution in [0.4, 0.5) is 10.5 Å². The third kappa shape index (κ3) is 8.19. The van der Waals surface area contributed by atoms with Gasteiger partial charge in [-0.15, -0.1) is 0 Å². The minimum absolute atomic E-state index is 0.268. The van der Waals surface area contributed by atoms with Crippen LogP contribution in [0, 0.1) is 0 Å². The van der Waals surface area contributed by atoms with Gasteiger partial charge >= 0.3 is 12.0 Å². The van der Waals surface area contributed by atoms with Gasteiger partial charge in [-0.05, 0) is 55.4 Å². The Labute approximate surface area is 172 Å². The van der Waals surface area contributed by atoms with E-state index in [9.17, 15) is 9.59 Å². The van der Waals surface area contributed by atoms with Crippen LogP contribution in [0.15, 0.2) is 54.6 Å². The number of urea groups is 1. The fourth-order valence-electron chi connectivity index (χ4n) is 2.65. The second kappa shape index (κ2) is 11.7. The smallest absolute Gasteiger partial charge is 0.330 e. The van der Waals surface area contributed by atoms with Gasteiger partial charge in [0.1, 0.15) is 0 Å². The molecule has 0 aliphatic carbocycles. The lowest BCUT2D eigenvalue weighted by molar-refractivity contribution is -0.137. The van der Waals surface area contributed by atoms with E-state index in [1.807, 2.05) is 24.3 Å². The summed E-state index contributed by atoms with van der Waals surface area (Å²) < 4.78 is 4.84. The Balaban J connectivity index is 1.83. The second-order valence-electron chi connectivity index (χ2n) is 6.67. The second-order valence-corrected chi connectivity index (χ2v) is 6.67. The predicted octanol–water partition coefficient (Wildman–Crippen LogP) is 4.04. The Kier molecular flexibility index (Phi) is 8.92. The molecule has 2 aromatic carbocycles. The van der Waals surface area contributed by atoms with Crippen molar-refractivity contribution in [3.63, 3.8) is 0 Å². The van der Waals surface area contributed by atoms with E-state index in [1.54, 1.807) is 25.1 Å². The zero-order valence-corrected chi connectivity index (χ0v) is 17.3. The number of hydrogen-bond donors (Lipinski definition) is 2. The van der Waals surface area contributed by atoms with Crippen molar-refractivity contribution < 1.29 is 14.3 Å². The van der Waals surface area contributed by atoms with Crippen LogP contribution in [0.2, 0.25) is 0 Å². The number of carbonyl (C=O) groups excluding carboxylic acids is 2. The van der Waals surface area contributed by atoms with Crippen molar-refractivity contribution >= 4 is 23.8 Å². The van der Waals surface area contributed by atoms with Crippen LogP contribution in [0.25, 0.3) is 6.08 Å². The van der Waals surface area contributed by atoms with Crippen LogP contribution in [0.3, 0.4) is 0 Å². The van der Waals surface area contributed by atoms with Crippen molar-refractivity contribution in [1.82, 2.24) is 10.2 Å². The average molecular weight is 396 g/mol. The molecule has 0 aliphatic rings. The Bertz CT molecular complexity index is 832. The first-order chi connectivity index (χ1) is 14.0. The van der Waals surface area contributed by atoms with Gasteiger partial charge in [0.05, 0.1) is 6.61 Å². The molecule has 6 heteroatoms. The van der Waals surface area contributed by atoms with Crippen molar-refractivity contribution in [1.29, 1.82) is 0 Å². The molecule has 2 aromatic rings. The molecule has 0 aromatic heterocycles. The fourth-order valence-corrected chi connectivity index (χ4v) is 2.65. The first-order valence-electron chi connectivity index (χ1n) is 9.76. The van der Waals surface area contributed by atoms with E-state index in [4.69, 9.17) is 4.74 Å². The van der Waals surface area contributed by atoms with Crippen LogP contribution in [0.1, 0.15) is 30.5 Å². The summed E-state index contributed by atoms with van der Waals surface area (Å²) in [5.74, 6) is -0.375. The predicted molar refractivity (Wildman–Crippen MR) is 116 cm³/mol. The molecule has 0 bridgehead atoms. The number of nitrogens with one attached hydrogen (secondary N) is 2. The maximum Gasteiger partial charge on any atom is 0.330 e. The summed E-state index contributed by atoms with van der Waals surface area (Å²) in [6.45, 7) is 6.56. The molecule has 0 radical (unpaired) electrons. The van der Waals surface area contributed by atoms with Gasteiger partial charge in [-0.3, -0.25) is 0 Å². The molecule has 0 saturated heterocycles. The minimum Gasteiger partial charge on any atom is -0.463 e. The van der Waals surface area contributed by atoms with Crippen LogP contribution in [-0.2, 0) is 22.6 Å². The topological polar surface area (TPSA) is 70.7 Å². The van der Waals surface area contributed by atoms with Crippen molar-refractivity contribution in [2.24, 2.45) is 0 Å². The molecule has 0 unspecified atom stereocenters. The molecule has 154 valence electrons. The van der Waals surface area contributed by atoms with E-state index in [0.29, 0.717) is 18.8 Å². The maximum atomic E-state index is 12.2. The lowest BCUT2D eigenvalue weighted by Gasteiger charge is -2.14. The lowest BCUT2D eigenvalue weighted by Crippen LogP contribution is -2.28. The van der Waals surface area contributed by atoms with Gasteiger partial charge in [0.25, 0.3) is 0 Å². The number of benzene rings is 2. The van der Waals surface area contributed by atoms with Crippen molar-refractivity contribution in [3.05, 3.63) is 71.3 Å². The summed E-state index contributed by atoms with van der Waals surface area (Å²) in [4.78, 5) is 25.7. The quantitative estimate of drug-likeness (QED) is 0.497. The number of carbonyl (C=O) groups is 2. The Hall–Kier alpha value is -3.12. The summed E-state index contributed by atoms with van der Waals surface area (Å²) in [6.07, 6.45) is 3.05. The minimum atomic E-state index is -0.375. The summed E-state index contributed by atoms with van der Waals surface area (Å²) >= 11 is 0. The van der Waals surface area contributed by atoms with Crippen molar-refractivity contribution in [2.75, 3.05) is 25.5 Å². The van der Waals surface area contributed by atoms with Gasteiger partial charge in [-0.25, -0.2) is 9.59 Å². The number of nitrogens with zero attached hydrogens (tertiary/aromatic N) is 1. The van der Waals surface area contributed by atoms with E-state index < -0.39 is 0 Å². The first kappa shape index (κ1) is 22.2. The highest BCUT2D eigenvalue weighted by molar-refractivity contribution is 5.90. The standard InChI is InChI=1S/C23H29N3O3/c1-4-26(3)17-20-8-6-7-19(15-20)16-24-23(28)25-21-12-9-18(10-13-21)11-14-22(27)29-5-2/h6-15H,4-5,16-17H2,1-3H3,(H2,24,25,28)/b14-11+. The zero-order chi connectivity index (χ0) is 21.1. The molecule has 2 rings (SSSR count). The van der Waals surface area contributed by atoms with Gasteiger partial charge in [0, 0.05) is 24.9 Å². The Morgan fingerprint density at radius 1 is 1.07 bits per heavy atom. The maximum absolute atomic E-state index is 12.2. The normalized spacial score (nSPS) is 10.9. The summed E-state index contributed by atoms with van der Waals surface area (Å²) in [6, 6.07) is 15.1. The van der Waals surface area contributed by atoms with Gasteiger partial charge in [-0.1, -0.05) is 43.3 Å². The van der Waals surface area contributed by atoms with E-state index in [1.165, 1.54) is 11.6 Å². The van der Waals surface area contributed by atoms with Crippen molar-refractivity contribution in [3.8, 4) is 0 Å². The van der Waals surface area contributed by atoms with E-state index >= 15 is 0 Å². The summed E-state index contributed by atoms with van der Waals surface area (Å²) in [7, 11) is 2.08. The highest BCUT2D eigenvalue weighted by atomic mass is 16.5. The van der Waals surface area contributed by atoms with E-state index in [0.717, 1.165) is 24.2 Å². The molecular weight excluding hydrogens is 366 g/mol. The number of hydrogen-bond acceptors (Lipinski definition) is 4. The molecule has 2 N–H and O–H groups in total. The van der Waals surface area contributed by atoms with Crippen molar-refractivity contribution in [2.45, 2.75) is 26.9 Å². The molecular formula is C23H29N3O3. The van der Waals surface area contributed by atoms with Gasteiger partial charge in [0.2, 0.25) is 0 Å². The van der Waals surface area contributed by atoms with Crippen LogP contribution < -0.4 is 10.6 Å². The third-order valence-corrected chi connectivity index (χ3v) is 4.30. The lowest BCUT2D eigenvalue weighted by atomic mass is 10.1. The molecule has 0 aliphatic heterocycles. The van der Waals surface area contributed by atoms with Crippen LogP contribution in [0.5, 0.6) is 0 Å². The number of anilines is 1. The molecule has 0 heterocycles. The molecule has 6 nitrogen and oxygen atoms in total. The SMILES string of the molecule is CCOC(=O)/C=C/c1ccc(NC(=O)NCc2cccc(CN(C)CC)c2)cc1. The third-order valence-electron chi connectivity index (χ3n) is 4.30. The van der Waals surface area contributed by atoms with Gasteiger partial charge in [0.15, 0.2) is 0 Å². The van der Waals surface area contributed by atoms with Gasteiger partial charge in [-0.2, -0.15) is 0 Å². The summed E-state index contributed by atoms with van der Waals surface area (Å²) in [5, 5.41) is 5.68. The monoisotopic (exact) mass is 395 g/mol. The average Bonchev–Trinajstić information content (AvgIpc) is 2.72. The Morgan fingerprint density at radius 3 is 2.48 bits per heavy atom. The van der Waals surface area contributed by atoms with Crippen LogP contribution >= 0.6 is 0 Å². The highest BCUT2D eigenvalue weighted by Crippen LogP contribution is 2.11. The largest absolute Gasteiger partial charge is 0.463 e. The molecule has 29 heavy (non-hydrogen) atoms. The number of amides is 2. The van der Waals surface area contributed by atoms with Crippen LogP contribution in [-0.4, -0.2) is 37.1 Å². The highest BCUT2D eigenvalue weighted by Gasteiger charge is 2.04. The zero-order valence-electron chi connectivity index (χ0n) is 17.3. The van der Waals surface area contributed by atoms with E-state index in [-0.39, 0.29) is 12.0 Å².